The molecule has 1 aromatic heterocycles. The van der Waals surface area contributed by atoms with Crippen LogP contribution >= 0.6 is 11.3 Å². The van der Waals surface area contributed by atoms with E-state index >= 15 is 0 Å². The number of carbonyl (C=O) groups excluding carboxylic acids is 2. The molecule has 2 heterocycles. The summed E-state index contributed by atoms with van der Waals surface area (Å²) in [6.45, 7) is 0.474. The maximum atomic E-state index is 12.7. The number of hydrogen-bond acceptors (Lipinski definition) is 5. The molecule has 25 heavy (non-hydrogen) atoms. The summed E-state index contributed by atoms with van der Waals surface area (Å²) in [6.07, 6.45) is 0. The summed E-state index contributed by atoms with van der Waals surface area (Å²) >= 11 is 1.32. The van der Waals surface area contributed by atoms with E-state index in [9.17, 15) is 19.5 Å². The Labute approximate surface area is 147 Å². The van der Waals surface area contributed by atoms with Gasteiger partial charge in [-0.15, -0.1) is 11.3 Å². The highest BCUT2D eigenvalue weighted by molar-refractivity contribution is 7.12. The van der Waals surface area contributed by atoms with Crippen molar-refractivity contribution in [2.45, 2.75) is 6.04 Å². The van der Waals surface area contributed by atoms with Gasteiger partial charge in [0.25, 0.3) is 11.8 Å². The molecule has 0 aliphatic carbocycles. The first-order valence-electron chi connectivity index (χ1n) is 7.62. The van der Waals surface area contributed by atoms with Crippen molar-refractivity contribution in [3.05, 3.63) is 52.2 Å². The number of amides is 2. The lowest BCUT2D eigenvalue weighted by Gasteiger charge is -2.32. The number of carboxylic acids is 1. The van der Waals surface area contributed by atoms with Crippen molar-refractivity contribution in [1.29, 1.82) is 0 Å². The topological polar surface area (TPSA) is 95.9 Å². The van der Waals surface area contributed by atoms with Crippen molar-refractivity contribution in [2.75, 3.05) is 25.1 Å². The van der Waals surface area contributed by atoms with E-state index in [-0.39, 0.29) is 19.1 Å². The fourth-order valence-corrected chi connectivity index (χ4v) is 3.17. The first kappa shape index (κ1) is 17.1. The van der Waals surface area contributed by atoms with Crippen LogP contribution in [0.15, 0.2) is 41.8 Å². The number of morpholine rings is 1. The molecule has 2 aromatic rings. The van der Waals surface area contributed by atoms with Crippen LogP contribution in [0, 0.1) is 0 Å². The Morgan fingerprint density at radius 1 is 1.24 bits per heavy atom. The summed E-state index contributed by atoms with van der Waals surface area (Å²) in [5, 5.41) is 13.8. The number of carbonyl (C=O) groups is 3. The molecule has 1 aliphatic rings. The quantitative estimate of drug-likeness (QED) is 0.868. The zero-order valence-electron chi connectivity index (χ0n) is 13.2. The molecule has 7 nitrogen and oxygen atoms in total. The van der Waals surface area contributed by atoms with Gasteiger partial charge in [0.2, 0.25) is 0 Å². The molecule has 8 heteroatoms. The number of hydrogen-bond donors (Lipinski definition) is 2. The second kappa shape index (κ2) is 7.45. The van der Waals surface area contributed by atoms with Gasteiger partial charge < -0.3 is 20.1 Å². The molecular weight excluding hydrogens is 344 g/mol. The smallest absolute Gasteiger partial charge is 0.328 e. The second-order valence-electron chi connectivity index (χ2n) is 5.44. The van der Waals surface area contributed by atoms with Crippen molar-refractivity contribution in [3.8, 4) is 0 Å². The molecule has 1 aliphatic heterocycles. The van der Waals surface area contributed by atoms with Crippen LogP contribution in [0.3, 0.4) is 0 Å². The molecule has 1 atom stereocenters. The number of carboxylic acid groups (broad SMARTS) is 1. The minimum Gasteiger partial charge on any atom is -0.480 e. The average Bonchev–Trinajstić information content (AvgIpc) is 3.16. The largest absolute Gasteiger partial charge is 0.480 e. The normalized spacial score (nSPS) is 17.1. The van der Waals surface area contributed by atoms with Crippen LogP contribution in [0.1, 0.15) is 20.0 Å². The predicted molar refractivity (Wildman–Crippen MR) is 92.0 cm³/mol. The maximum Gasteiger partial charge on any atom is 0.328 e. The molecule has 2 N–H and O–H groups in total. The van der Waals surface area contributed by atoms with Crippen LogP contribution in [-0.4, -0.2) is 53.6 Å². The number of rotatable bonds is 4. The highest BCUT2D eigenvalue weighted by atomic mass is 32.1. The first-order valence-corrected chi connectivity index (χ1v) is 8.50. The van der Waals surface area contributed by atoms with Crippen molar-refractivity contribution in [1.82, 2.24) is 4.90 Å². The van der Waals surface area contributed by atoms with Crippen molar-refractivity contribution >= 4 is 34.8 Å². The molecular formula is C17H16N2O5S. The van der Waals surface area contributed by atoms with Gasteiger partial charge in [0.1, 0.15) is 0 Å². The summed E-state index contributed by atoms with van der Waals surface area (Å²) in [6, 6.07) is 8.94. The van der Waals surface area contributed by atoms with Crippen molar-refractivity contribution in [2.24, 2.45) is 0 Å². The van der Waals surface area contributed by atoms with Gasteiger partial charge in [-0.2, -0.15) is 0 Å². The minimum absolute atomic E-state index is 0.0319. The van der Waals surface area contributed by atoms with E-state index in [1.807, 2.05) is 0 Å². The summed E-state index contributed by atoms with van der Waals surface area (Å²) < 4.78 is 5.15. The fraction of sp³-hybridized carbons (Fsp3) is 0.235. The van der Waals surface area contributed by atoms with Gasteiger partial charge in [-0.1, -0.05) is 12.1 Å². The SMILES string of the molecule is O=C(Nc1cccc(C(=O)N2CCOCC2C(=O)O)c1)c1cccs1. The van der Waals surface area contributed by atoms with E-state index in [2.05, 4.69) is 5.32 Å². The molecule has 0 spiro atoms. The minimum atomic E-state index is -1.10. The molecule has 1 unspecified atom stereocenters. The Bertz CT molecular complexity index is 790. The molecule has 1 saturated heterocycles. The van der Waals surface area contributed by atoms with Crippen LogP contribution in [-0.2, 0) is 9.53 Å². The van der Waals surface area contributed by atoms with Gasteiger partial charge in [0.15, 0.2) is 6.04 Å². The van der Waals surface area contributed by atoms with E-state index < -0.39 is 17.9 Å². The number of nitrogens with one attached hydrogen (secondary N) is 1. The number of aliphatic carboxylic acids is 1. The van der Waals surface area contributed by atoms with E-state index in [4.69, 9.17) is 4.74 Å². The fourth-order valence-electron chi connectivity index (χ4n) is 2.55. The lowest BCUT2D eigenvalue weighted by atomic mass is 10.1. The predicted octanol–water partition coefficient (Wildman–Crippen LogP) is 1.93. The first-order chi connectivity index (χ1) is 12.1. The van der Waals surface area contributed by atoms with Crippen molar-refractivity contribution in [3.63, 3.8) is 0 Å². The highest BCUT2D eigenvalue weighted by Crippen LogP contribution is 2.18. The molecule has 2 amide bonds. The zero-order valence-corrected chi connectivity index (χ0v) is 14.0. The van der Waals surface area contributed by atoms with Crippen LogP contribution in [0.2, 0.25) is 0 Å². The third-order valence-electron chi connectivity index (χ3n) is 3.79. The lowest BCUT2D eigenvalue weighted by molar-refractivity contribution is -0.147. The lowest BCUT2D eigenvalue weighted by Crippen LogP contribution is -2.52. The third kappa shape index (κ3) is 3.86. The number of benzene rings is 1. The van der Waals surface area contributed by atoms with Gasteiger partial charge in [-0.3, -0.25) is 9.59 Å². The van der Waals surface area contributed by atoms with Crippen LogP contribution < -0.4 is 5.32 Å². The summed E-state index contributed by atoms with van der Waals surface area (Å²) in [5.74, 6) is -1.76. The van der Waals surface area contributed by atoms with E-state index in [1.165, 1.54) is 16.2 Å². The Kier molecular flexibility index (Phi) is 5.11. The number of thiophene rings is 1. The molecule has 130 valence electrons. The average molecular weight is 360 g/mol. The van der Waals surface area contributed by atoms with Gasteiger partial charge in [0.05, 0.1) is 18.1 Å². The zero-order chi connectivity index (χ0) is 17.8. The molecule has 1 fully saturated rings. The van der Waals surface area contributed by atoms with E-state index in [1.54, 1.807) is 41.8 Å². The maximum absolute atomic E-state index is 12.7. The number of nitrogens with zero attached hydrogens (tertiary/aromatic N) is 1. The Hall–Kier alpha value is -2.71. The second-order valence-corrected chi connectivity index (χ2v) is 6.39. The summed E-state index contributed by atoms with van der Waals surface area (Å²) in [4.78, 5) is 38.0. The number of anilines is 1. The molecule has 0 saturated carbocycles. The number of ether oxygens (including phenoxy) is 1. The Balaban J connectivity index is 1.77. The summed E-state index contributed by atoms with van der Waals surface area (Å²) in [7, 11) is 0. The standard InChI is InChI=1S/C17H16N2O5S/c20-15(14-5-2-8-25-14)18-12-4-1-3-11(9-12)16(21)19-6-7-24-10-13(19)17(22)23/h1-5,8-9,13H,6-7,10H2,(H,18,20)(H,22,23). The van der Waals surface area contributed by atoms with Crippen LogP contribution in [0.25, 0.3) is 0 Å². The highest BCUT2D eigenvalue weighted by Gasteiger charge is 2.33. The Morgan fingerprint density at radius 3 is 2.80 bits per heavy atom. The van der Waals surface area contributed by atoms with Gasteiger partial charge >= 0.3 is 5.97 Å². The molecule has 0 radical (unpaired) electrons. The third-order valence-corrected chi connectivity index (χ3v) is 4.66. The van der Waals surface area contributed by atoms with Crippen molar-refractivity contribution < 1.29 is 24.2 Å². The molecule has 1 aromatic carbocycles. The van der Waals surface area contributed by atoms with Gasteiger partial charge in [0, 0.05) is 17.8 Å². The van der Waals surface area contributed by atoms with E-state index in [0.717, 1.165) is 0 Å². The molecule has 0 bridgehead atoms. The van der Waals surface area contributed by atoms with E-state index in [0.29, 0.717) is 22.7 Å². The summed E-state index contributed by atoms with van der Waals surface area (Å²) in [5.41, 5.74) is 0.793. The van der Waals surface area contributed by atoms with Crippen LogP contribution in [0.4, 0.5) is 5.69 Å². The molecule has 3 rings (SSSR count). The monoisotopic (exact) mass is 360 g/mol. The van der Waals surface area contributed by atoms with Gasteiger partial charge in [-0.05, 0) is 29.6 Å². The van der Waals surface area contributed by atoms with Gasteiger partial charge in [-0.25, -0.2) is 4.79 Å². The van der Waals surface area contributed by atoms with Crippen LogP contribution in [0.5, 0.6) is 0 Å². The Morgan fingerprint density at radius 2 is 2.08 bits per heavy atom.